The van der Waals surface area contributed by atoms with Crippen molar-refractivity contribution >= 4 is 23.3 Å². The van der Waals surface area contributed by atoms with Crippen molar-refractivity contribution < 1.29 is 43.5 Å². The zero-order valence-electron chi connectivity index (χ0n) is 15.7. The summed E-state index contributed by atoms with van der Waals surface area (Å²) in [6.07, 6.45) is 0. The summed E-state index contributed by atoms with van der Waals surface area (Å²) in [7, 11) is 3.27. The van der Waals surface area contributed by atoms with Gasteiger partial charge in [-0.1, -0.05) is 0 Å². The smallest absolute Gasteiger partial charge is 0.350 e. The molecule has 0 aliphatic heterocycles. The Bertz CT molecular complexity index is 1050. The molecule has 0 amide bonds. The summed E-state index contributed by atoms with van der Waals surface area (Å²) in [5.41, 5.74) is -2.59. The van der Waals surface area contributed by atoms with Gasteiger partial charge in [0.1, 0.15) is 11.1 Å². The van der Waals surface area contributed by atoms with Crippen LogP contribution in [0.1, 0.15) is 20.7 Å². The zero-order valence-corrected chi connectivity index (χ0v) is 15.7. The highest BCUT2D eigenvalue weighted by atomic mass is 16.6. The first-order valence-electron chi connectivity index (χ1n) is 7.86. The summed E-state index contributed by atoms with van der Waals surface area (Å²) in [6, 6.07) is 3.24. The maximum absolute atomic E-state index is 12.5. The van der Waals surface area contributed by atoms with Crippen molar-refractivity contribution in [1.29, 1.82) is 0 Å². The van der Waals surface area contributed by atoms with E-state index < -0.39 is 55.8 Å². The predicted octanol–water partition coefficient (Wildman–Crippen LogP) is 2.23. The minimum absolute atomic E-state index is 0.251. The topological polar surface area (TPSA) is 178 Å². The molecule has 13 heteroatoms. The molecule has 0 unspecified atom stereocenters. The highest BCUT2D eigenvalue weighted by Gasteiger charge is 2.29. The molecule has 2 aromatic rings. The summed E-state index contributed by atoms with van der Waals surface area (Å²) in [4.78, 5) is 45.1. The molecule has 158 valence electrons. The molecule has 13 nitrogen and oxygen atoms in total. The number of methoxy groups -OCH3 is 3. The first kappa shape index (κ1) is 21.9. The highest BCUT2D eigenvalue weighted by Crippen LogP contribution is 2.38. The van der Waals surface area contributed by atoms with Gasteiger partial charge in [0, 0.05) is 12.1 Å². The van der Waals surface area contributed by atoms with Crippen molar-refractivity contribution in [1.82, 2.24) is 0 Å². The molecule has 1 N–H and O–H groups in total. The Morgan fingerprint density at radius 3 is 1.77 bits per heavy atom. The number of esters is 2. The van der Waals surface area contributed by atoms with Gasteiger partial charge in [-0.05, 0) is 0 Å². The fraction of sp³-hybridized carbons (Fsp3) is 0.176. The van der Waals surface area contributed by atoms with E-state index in [9.17, 15) is 34.9 Å². The molecule has 0 atom stereocenters. The van der Waals surface area contributed by atoms with E-state index in [0.717, 1.165) is 45.6 Å². The second-order valence-corrected chi connectivity index (χ2v) is 5.46. The molecule has 2 rings (SSSR count). The Balaban J connectivity index is 2.58. The van der Waals surface area contributed by atoms with Crippen molar-refractivity contribution in [2.45, 2.75) is 0 Å². The number of nitrogens with zero attached hydrogens (tertiary/aromatic N) is 2. The van der Waals surface area contributed by atoms with Crippen LogP contribution in [0.15, 0.2) is 24.3 Å². The Hall–Kier alpha value is -4.42. The number of carbonyl (C=O) groups is 2. The van der Waals surface area contributed by atoms with Crippen molar-refractivity contribution in [3.63, 3.8) is 0 Å². The second-order valence-electron chi connectivity index (χ2n) is 5.46. The molecule has 0 heterocycles. The van der Waals surface area contributed by atoms with Gasteiger partial charge in [-0.3, -0.25) is 20.2 Å². The third kappa shape index (κ3) is 4.19. The first-order valence-corrected chi connectivity index (χ1v) is 7.86. The van der Waals surface area contributed by atoms with Crippen LogP contribution in [-0.4, -0.2) is 48.2 Å². The van der Waals surface area contributed by atoms with Gasteiger partial charge in [-0.25, -0.2) is 9.59 Å². The van der Waals surface area contributed by atoms with Crippen LogP contribution >= 0.6 is 0 Å². The standard InChI is InChI=1S/C17H14N2O11/c1-27-13-6-10(18(23)24)8(4-12(13)20)17(22)30-15-5-9(16(21)29-3)11(19(25)26)7-14(15)28-2/h4-7,20H,1-3H3. The van der Waals surface area contributed by atoms with E-state index in [1.54, 1.807) is 0 Å². The number of benzene rings is 2. The largest absolute Gasteiger partial charge is 0.504 e. The number of phenolic OH excluding ortho intramolecular Hbond substituents is 1. The highest BCUT2D eigenvalue weighted by molar-refractivity contribution is 5.98. The molecule has 0 radical (unpaired) electrons. The molecule has 0 aliphatic rings. The third-order valence-electron chi connectivity index (χ3n) is 3.80. The van der Waals surface area contributed by atoms with Crippen molar-refractivity contribution in [3.8, 4) is 23.0 Å². The van der Waals surface area contributed by atoms with Crippen LogP contribution in [0.25, 0.3) is 0 Å². The van der Waals surface area contributed by atoms with Crippen molar-refractivity contribution in [2.75, 3.05) is 21.3 Å². The molecule has 0 bridgehead atoms. The Kier molecular flexibility index (Phi) is 6.36. The molecule has 0 saturated carbocycles. The number of hydrogen-bond donors (Lipinski definition) is 1. The van der Waals surface area contributed by atoms with Crippen molar-refractivity contribution in [3.05, 3.63) is 55.6 Å². The molecule has 0 spiro atoms. The van der Waals surface area contributed by atoms with E-state index in [2.05, 4.69) is 4.74 Å². The van der Waals surface area contributed by atoms with Gasteiger partial charge in [0.15, 0.2) is 23.0 Å². The van der Waals surface area contributed by atoms with E-state index in [4.69, 9.17) is 14.2 Å². The lowest BCUT2D eigenvalue weighted by Gasteiger charge is -2.12. The number of phenols is 1. The molecule has 2 aromatic carbocycles. The van der Waals surface area contributed by atoms with Crippen LogP contribution in [0.4, 0.5) is 11.4 Å². The first-order chi connectivity index (χ1) is 14.1. The van der Waals surface area contributed by atoms with Gasteiger partial charge in [0.05, 0.1) is 43.3 Å². The maximum Gasteiger partial charge on any atom is 0.350 e. The molecular weight excluding hydrogens is 408 g/mol. The predicted molar refractivity (Wildman–Crippen MR) is 97.3 cm³/mol. The Morgan fingerprint density at radius 2 is 1.30 bits per heavy atom. The lowest BCUT2D eigenvalue weighted by atomic mass is 10.1. The van der Waals surface area contributed by atoms with Gasteiger partial charge >= 0.3 is 11.9 Å². The van der Waals surface area contributed by atoms with Crippen LogP contribution in [-0.2, 0) is 4.74 Å². The quantitative estimate of drug-likeness (QED) is 0.299. The minimum atomic E-state index is -1.30. The number of aromatic hydroxyl groups is 1. The van der Waals surface area contributed by atoms with Gasteiger partial charge in [-0.15, -0.1) is 0 Å². The maximum atomic E-state index is 12.5. The van der Waals surface area contributed by atoms with Gasteiger partial charge in [-0.2, -0.15) is 0 Å². The summed E-state index contributed by atoms with van der Waals surface area (Å²) in [5, 5.41) is 32.3. The summed E-state index contributed by atoms with van der Waals surface area (Å²) >= 11 is 0. The summed E-state index contributed by atoms with van der Waals surface area (Å²) in [5.74, 6) is -3.96. The molecule has 0 aromatic heterocycles. The Morgan fingerprint density at radius 1 is 0.800 bits per heavy atom. The van der Waals surface area contributed by atoms with Crippen LogP contribution < -0.4 is 14.2 Å². The molecular formula is C17H14N2O11. The molecule has 0 saturated heterocycles. The number of rotatable bonds is 7. The normalized spacial score (nSPS) is 10.1. The van der Waals surface area contributed by atoms with Crippen LogP contribution in [0.3, 0.4) is 0 Å². The van der Waals surface area contributed by atoms with Crippen LogP contribution in [0, 0.1) is 20.2 Å². The molecule has 30 heavy (non-hydrogen) atoms. The summed E-state index contributed by atoms with van der Waals surface area (Å²) < 4.78 is 19.3. The second kappa shape index (κ2) is 8.72. The number of nitro groups is 2. The van der Waals surface area contributed by atoms with Gasteiger partial charge in [0.2, 0.25) is 0 Å². The van der Waals surface area contributed by atoms with Crippen LogP contribution in [0.2, 0.25) is 0 Å². The average Bonchev–Trinajstić information content (AvgIpc) is 2.72. The number of carbonyl (C=O) groups excluding carboxylic acids is 2. The summed E-state index contributed by atoms with van der Waals surface area (Å²) in [6.45, 7) is 0. The number of nitro benzene ring substituents is 2. The lowest BCUT2D eigenvalue weighted by molar-refractivity contribution is -0.385. The van der Waals surface area contributed by atoms with Gasteiger partial charge in [0.25, 0.3) is 11.4 Å². The van der Waals surface area contributed by atoms with Crippen molar-refractivity contribution in [2.24, 2.45) is 0 Å². The van der Waals surface area contributed by atoms with E-state index in [1.807, 2.05) is 0 Å². The van der Waals surface area contributed by atoms with E-state index in [1.165, 1.54) is 0 Å². The molecule has 0 aliphatic carbocycles. The monoisotopic (exact) mass is 422 g/mol. The zero-order chi connectivity index (χ0) is 22.6. The SMILES string of the molecule is COC(=O)c1cc(OC(=O)c2cc(O)c(OC)cc2[N+](=O)[O-])c(OC)cc1[N+](=O)[O-]. The Labute approximate surface area is 167 Å². The third-order valence-corrected chi connectivity index (χ3v) is 3.80. The lowest BCUT2D eigenvalue weighted by Crippen LogP contribution is -2.13. The van der Waals surface area contributed by atoms with E-state index >= 15 is 0 Å². The van der Waals surface area contributed by atoms with Gasteiger partial charge < -0.3 is 24.1 Å². The van der Waals surface area contributed by atoms with E-state index in [0.29, 0.717) is 0 Å². The number of ether oxygens (including phenoxy) is 4. The average molecular weight is 422 g/mol. The number of hydrogen-bond acceptors (Lipinski definition) is 11. The minimum Gasteiger partial charge on any atom is -0.504 e. The van der Waals surface area contributed by atoms with E-state index in [-0.39, 0.29) is 11.5 Å². The fourth-order valence-corrected chi connectivity index (χ4v) is 2.40. The fourth-order valence-electron chi connectivity index (χ4n) is 2.40. The molecule has 0 fully saturated rings. The van der Waals surface area contributed by atoms with Crippen LogP contribution in [0.5, 0.6) is 23.0 Å².